The SMILES string of the molecule is Cc1cccc2cc(C(=O)NCc3ccc(Cl)c(Oc4cc(N)cc(Cl)c4)c3F)[nH]c12. The van der Waals surface area contributed by atoms with Gasteiger partial charge in [-0.05, 0) is 36.8 Å². The number of nitrogens with one attached hydrogen (secondary N) is 2. The van der Waals surface area contributed by atoms with E-state index in [-0.39, 0.29) is 34.5 Å². The number of anilines is 1. The molecule has 4 rings (SSSR count). The summed E-state index contributed by atoms with van der Waals surface area (Å²) >= 11 is 12.1. The molecule has 0 fully saturated rings. The van der Waals surface area contributed by atoms with Gasteiger partial charge in [0.2, 0.25) is 0 Å². The van der Waals surface area contributed by atoms with Gasteiger partial charge in [-0.3, -0.25) is 4.79 Å². The Morgan fingerprint density at radius 1 is 1.16 bits per heavy atom. The maximum Gasteiger partial charge on any atom is 0.267 e. The second kappa shape index (κ2) is 8.49. The fraction of sp³-hybridized carbons (Fsp3) is 0.0870. The number of hydrogen-bond acceptors (Lipinski definition) is 3. The Balaban J connectivity index is 1.54. The van der Waals surface area contributed by atoms with E-state index in [1.165, 1.54) is 24.3 Å². The van der Waals surface area contributed by atoms with E-state index in [1.807, 2.05) is 25.1 Å². The van der Waals surface area contributed by atoms with Crippen molar-refractivity contribution in [3.05, 3.63) is 87.3 Å². The number of nitrogen functional groups attached to an aromatic ring is 1. The number of nitrogens with two attached hydrogens (primary N) is 1. The molecule has 4 N–H and O–H groups in total. The molecule has 0 unspecified atom stereocenters. The van der Waals surface area contributed by atoms with Crippen LogP contribution in [0.15, 0.2) is 54.6 Å². The third-order valence-electron chi connectivity index (χ3n) is 4.79. The quantitative estimate of drug-likeness (QED) is 0.311. The molecule has 4 aromatic rings. The predicted molar refractivity (Wildman–Crippen MR) is 122 cm³/mol. The minimum atomic E-state index is -0.682. The van der Waals surface area contributed by atoms with E-state index in [1.54, 1.807) is 12.1 Å². The molecule has 0 saturated heterocycles. The summed E-state index contributed by atoms with van der Waals surface area (Å²) in [5.74, 6) is -0.953. The van der Waals surface area contributed by atoms with Crippen LogP contribution >= 0.6 is 23.2 Å². The van der Waals surface area contributed by atoms with Crippen LogP contribution in [0.4, 0.5) is 10.1 Å². The van der Waals surface area contributed by atoms with Crippen molar-refractivity contribution in [2.24, 2.45) is 0 Å². The molecule has 31 heavy (non-hydrogen) atoms. The average molecular weight is 458 g/mol. The van der Waals surface area contributed by atoms with Crippen molar-refractivity contribution in [1.29, 1.82) is 0 Å². The van der Waals surface area contributed by atoms with Crippen molar-refractivity contribution in [3.8, 4) is 11.5 Å². The molecule has 158 valence electrons. The van der Waals surface area contributed by atoms with Crippen LogP contribution in [0, 0.1) is 12.7 Å². The molecule has 0 bridgehead atoms. The van der Waals surface area contributed by atoms with Crippen LogP contribution < -0.4 is 15.8 Å². The van der Waals surface area contributed by atoms with Crippen LogP contribution in [0.5, 0.6) is 11.5 Å². The van der Waals surface area contributed by atoms with E-state index in [0.29, 0.717) is 16.4 Å². The Labute approximate surface area is 187 Å². The second-order valence-electron chi connectivity index (χ2n) is 7.08. The number of rotatable bonds is 5. The van der Waals surface area contributed by atoms with Crippen LogP contribution in [0.25, 0.3) is 10.9 Å². The van der Waals surface area contributed by atoms with Crippen LogP contribution in [0.2, 0.25) is 10.0 Å². The van der Waals surface area contributed by atoms with Gasteiger partial charge >= 0.3 is 0 Å². The molecule has 0 aliphatic carbocycles. The highest BCUT2D eigenvalue weighted by Crippen LogP contribution is 2.35. The molecule has 5 nitrogen and oxygen atoms in total. The Morgan fingerprint density at radius 2 is 1.97 bits per heavy atom. The first-order valence-electron chi connectivity index (χ1n) is 9.39. The van der Waals surface area contributed by atoms with Gasteiger partial charge in [-0.1, -0.05) is 47.5 Å². The zero-order valence-electron chi connectivity index (χ0n) is 16.4. The Hall–Kier alpha value is -3.22. The van der Waals surface area contributed by atoms with Crippen LogP contribution in [0.3, 0.4) is 0 Å². The lowest BCUT2D eigenvalue weighted by Crippen LogP contribution is -2.23. The predicted octanol–water partition coefficient (Wildman–Crippen LogP) is 6.23. The van der Waals surface area contributed by atoms with Gasteiger partial charge in [-0.2, -0.15) is 0 Å². The van der Waals surface area contributed by atoms with Gasteiger partial charge in [0, 0.05) is 39.8 Å². The molecule has 1 amide bonds. The van der Waals surface area contributed by atoms with Gasteiger partial charge in [-0.25, -0.2) is 4.39 Å². The third kappa shape index (κ3) is 4.45. The number of benzene rings is 3. The second-order valence-corrected chi connectivity index (χ2v) is 7.92. The molecule has 1 heterocycles. The molecule has 8 heteroatoms. The van der Waals surface area contributed by atoms with Gasteiger partial charge in [0.15, 0.2) is 11.6 Å². The van der Waals surface area contributed by atoms with Gasteiger partial charge in [0.25, 0.3) is 5.91 Å². The summed E-state index contributed by atoms with van der Waals surface area (Å²) in [7, 11) is 0. The highest BCUT2D eigenvalue weighted by Gasteiger charge is 2.17. The number of aryl methyl sites for hydroxylation is 1. The number of aromatic nitrogens is 1. The number of para-hydroxylation sites is 1. The molecule has 3 aromatic carbocycles. The topological polar surface area (TPSA) is 80.1 Å². The molecule has 0 aliphatic rings. The molecule has 1 aromatic heterocycles. The normalized spacial score (nSPS) is 11.0. The number of hydrogen-bond donors (Lipinski definition) is 3. The smallest absolute Gasteiger partial charge is 0.267 e. The number of carbonyl (C=O) groups excluding carboxylic acids is 1. The molecular formula is C23H18Cl2FN3O2. The fourth-order valence-electron chi connectivity index (χ4n) is 3.27. The summed E-state index contributed by atoms with van der Waals surface area (Å²) in [6.07, 6.45) is 0. The summed E-state index contributed by atoms with van der Waals surface area (Å²) in [4.78, 5) is 15.7. The number of H-pyrrole nitrogens is 1. The summed E-state index contributed by atoms with van der Waals surface area (Å²) in [6, 6.07) is 15.1. The summed E-state index contributed by atoms with van der Waals surface area (Å²) < 4.78 is 20.7. The van der Waals surface area contributed by atoms with Crippen molar-refractivity contribution >= 4 is 45.7 Å². The van der Waals surface area contributed by atoms with Crippen LogP contribution in [0.1, 0.15) is 21.6 Å². The monoisotopic (exact) mass is 457 g/mol. The highest BCUT2D eigenvalue weighted by molar-refractivity contribution is 6.32. The number of ether oxygens (including phenoxy) is 1. The molecule has 0 saturated carbocycles. The largest absolute Gasteiger partial charge is 0.453 e. The van der Waals surface area contributed by atoms with Crippen molar-refractivity contribution in [3.63, 3.8) is 0 Å². The van der Waals surface area contributed by atoms with E-state index in [4.69, 9.17) is 33.7 Å². The first kappa shape index (κ1) is 21.0. The Bertz CT molecular complexity index is 1280. The Morgan fingerprint density at radius 3 is 2.71 bits per heavy atom. The summed E-state index contributed by atoms with van der Waals surface area (Å²) in [5.41, 5.74) is 8.65. The van der Waals surface area contributed by atoms with E-state index < -0.39 is 5.82 Å². The van der Waals surface area contributed by atoms with Gasteiger partial charge < -0.3 is 20.8 Å². The van der Waals surface area contributed by atoms with E-state index in [2.05, 4.69) is 10.3 Å². The third-order valence-corrected chi connectivity index (χ3v) is 5.31. The van der Waals surface area contributed by atoms with E-state index in [9.17, 15) is 4.79 Å². The molecular weight excluding hydrogens is 440 g/mol. The van der Waals surface area contributed by atoms with Gasteiger partial charge in [0.05, 0.1) is 5.02 Å². The first-order chi connectivity index (χ1) is 14.8. The molecule has 0 spiro atoms. The number of fused-ring (bicyclic) bond motifs is 1. The molecule has 0 radical (unpaired) electrons. The molecule has 0 aliphatic heterocycles. The highest BCUT2D eigenvalue weighted by atomic mass is 35.5. The number of amides is 1. The lowest BCUT2D eigenvalue weighted by Gasteiger charge is -2.13. The van der Waals surface area contributed by atoms with Crippen LogP contribution in [-0.2, 0) is 6.54 Å². The summed E-state index contributed by atoms with van der Waals surface area (Å²) in [6.45, 7) is 1.91. The lowest BCUT2D eigenvalue weighted by atomic mass is 10.1. The van der Waals surface area contributed by atoms with E-state index in [0.717, 1.165) is 16.5 Å². The maximum absolute atomic E-state index is 15.1. The standard InChI is InChI=1S/C23H18Cl2FN3O2/c1-12-3-2-4-13-7-19(29-21(12)13)23(30)28-11-14-5-6-18(25)22(20(14)26)31-17-9-15(24)8-16(27)10-17/h2-10,29H,11,27H2,1H3,(H,28,30). The van der Waals surface area contributed by atoms with Crippen LogP contribution in [-0.4, -0.2) is 10.9 Å². The lowest BCUT2D eigenvalue weighted by molar-refractivity contribution is 0.0946. The maximum atomic E-state index is 15.1. The average Bonchev–Trinajstić information content (AvgIpc) is 3.15. The zero-order valence-corrected chi connectivity index (χ0v) is 17.9. The van der Waals surface area contributed by atoms with Crippen molar-refractivity contribution < 1.29 is 13.9 Å². The van der Waals surface area contributed by atoms with Gasteiger partial charge in [0.1, 0.15) is 11.4 Å². The first-order valence-corrected chi connectivity index (χ1v) is 10.1. The minimum absolute atomic E-state index is 0.0514. The fourth-order valence-corrected chi connectivity index (χ4v) is 3.68. The van der Waals surface area contributed by atoms with Gasteiger partial charge in [-0.15, -0.1) is 0 Å². The van der Waals surface area contributed by atoms with E-state index >= 15 is 4.39 Å². The summed E-state index contributed by atoms with van der Waals surface area (Å²) in [5, 5.41) is 4.08. The molecule has 0 atom stereocenters. The number of halogens is 3. The zero-order chi connectivity index (χ0) is 22.1. The number of aromatic amines is 1. The minimum Gasteiger partial charge on any atom is -0.453 e. The Kier molecular flexibility index (Phi) is 5.76. The van der Waals surface area contributed by atoms with Crippen molar-refractivity contribution in [2.45, 2.75) is 13.5 Å². The number of carbonyl (C=O) groups is 1. The van der Waals surface area contributed by atoms with Crippen molar-refractivity contribution in [2.75, 3.05) is 5.73 Å². The van der Waals surface area contributed by atoms with Crippen molar-refractivity contribution in [1.82, 2.24) is 10.3 Å².